The number of nitrogens with one attached hydrogen (secondary N) is 2. The van der Waals surface area contributed by atoms with Gasteiger partial charge >= 0.3 is 0 Å². The molecule has 0 fully saturated rings. The zero-order valence-corrected chi connectivity index (χ0v) is 18.8. The molecule has 10 heteroatoms. The van der Waals surface area contributed by atoms with Crippen molar-refractivity contribution >= 4 is 43.6 Å². The highest BCUT2D eigenvalue weighted by atomic mass is 79.9. The van der Waals surface area contributed by atoms with E-state index in [1.165, 1.54) is 0 Å². The molecule has 27 heavy (non-hydrogen) atoms. The van der Waals surface area contributed by atoms with E-state index < -0.39 is 16.1 Å². The van der Waals surface area contributed by atoms with Gasteiger partial charge in [0.1, 0.15) is 19.3 Å². The number of sulfonamides is 1. The lowest BCUT2D eigenvalue weighted by atomic mass is 10.1. The molecular formula is C17H25BrN2O5S2. The third-order valence-corrected chi connectivity index (χ3v) is 6.85. The van der Waals surface area contributed by atoms with Gasteiger partial charge in [0.2, 0.25) is 15.9 Å². The lowest BCUT2D eigenvalue weighted by Gasteiger charge is -2.24. The Balaban J connectivity index is 2.14. The highest BCUT2D eigenvalue weighted by molar-refractivity contribution is 9.10. The molecule has 1 aromatic carbocycles. The van der Waals surface area contributed by atoms with Crippen LogP contribution in [0.5, 0.6) is 11.5 Å². The van der Waals surface area contributed by atoms with E-state index in [-0.39, 0.29) is 17.7 Å². The molecule has 1 aromatic rings. The predicted octanol–water partition coefficient (Wildman–Crippen LogP) is 2.46. The van der Waals surface area contributed by atoms with Gasteiger partial charge in [-0.3, -0.25) is 4.79 Å². The summed E-state index contributed by atoms with van der Waals surface area (Å²) in [5.74, 6) is 1.54. The SMILES string of the molecule is CCS(=O)(=O)NC(CCSC)C(=O)NC(C)c1cc2c(cc1Br)OCCO2. The quantitative estimate of drug-likeness (QED) is 0.563. The van der Waals surface area contributed by atoms with Crippen molar-refractivity contribution in [2.24, 2.45) is 0 Å². The summed E-state index contributed by atoms with van der Waals surface area (Å²) in [5.41, 5.74) is 0.828. The van der Waals surface area contributed by atoms with E-state index in [1.54, 1.807) is 18.7 Å². The van der Waals surface area contributed by atoms with Crippen LogP contribution in [0.2, 0.25) is 0 Å². The maximum Gasteiger partial charge on any atom is 0.238 e. The maximum atomic E-state index is 12.7. The van der Waals surface area contributed by atoms with Gasteiger partial charge in [-0.1, -0.05) is 15.9 Å². The van der Waals surface area contributed by atoms with E-state index >= 15 is 0 Å². The Morgan fingerprint density at radius 2 is 1.93 bits per heavy atom. The Kier molecular flexibility index (Phi) is 8.26. The Morgan fingerprint density at radius 1 is 1.30 bits per heavy atom. The van der Waals surface area contributed by atoms with Crippen LogP contribution in [0, 0.1) is 0 Å². The fourth-order valence-corrected chi connectivity index (χ4v) is 4.54. The normalized spacial score (nSPS) is 15.9. The summed E-state index contributed by atoms with van der Waals surface area (Å²) in [6.07, 6.45) is 2.33. The van der Waals surface area contributed by atoms with Gasteiger partial charge < -0.3 is 14.8 Å². The third kappa shape index (κ3) is 6.27. The molecule has 0 radical (unpaired) electrons. The molecule has 2 unspecified atom stereocenters. The minimum absolute atomic E-state index is 0.0701. The predicted molar refractivity (Wildman–Crippen MR) is 111 cm³/mol. The molecule has 0 saturated heterocycles. The van der Waals surface area contributed by atoms with Gasteiger partial charge in [0.05, 0.1) is 11.8 Å². The molecule has 1 amide bonds. The molecule has 1 aliphatic heterocycles. The summed E-state index contributed by atoms with van der Waals surface area (Å²) in [6.45, 7) is 4.36. The number of fused-ring (bicyclic) bond motifs is 1. The first-order valence-corrected chi connectivity index (χ1v) is 12.5. The molecule has 2 N–H and O–H groups in total. The molecule has 0 saturated carbocycles. The Labute approximate surface area is 173 Å². The first-order valence-electron chi connectivity index (χ1n) is 8.65. The molecule has 152 valence electrons. The molecule has 2 atom stereocenters. The van der Waals surface area contributed by atoms with Gasteiger partial charge in [0.15, 0.2) is 11.5 Å². The van der Waals surface area contributed by atoms with Crippen molar-refractivity contribution in [3.05, 3.63) is 22.2 Å². The van der Waals surface area contributed by atoms with E-state index in [2.05, 4.69) is 26.0 Å². The molecule has 0 spiro atoms. The zero-order chi connectivity index (χ0) is 20.0. The van der Waals surface area contributed by atoms with Crippen molar-refractivity contribution in [1.82, 2.24) is 10.0 Å². The van der Waals surface area contributed by atoms with Crippen LogP contribution in [0.25, 0.3) is 0 Å². The molecule has 0 bridgehead atoms. The van der Waals surface area contributed by atoms with Crippen molar-refractivity contribution in [3.8, 4) is 11.5 Å². The number of thioether (sulfide) groups is 1. The van der Waals surface area contributed by atoms with Crippen molar-refractivity contribution in [2.45, 2.75) is 32.4 Å². The Morgan fingerprint density at radius 3 is 2.52 bits per heavy atom. The molecule has 0 aromatic heterocycles. The Bertz CT molecular complexity index is 773. The van der Waals surface area contributed by atoms with Crippen LogP contribution in [-0.2, 0) is 14.8 Å². The summed E-state index contributed by atoms with van der Waals surface area (Å²) in [5, 5.41) is 2.90. The van der Waals surface area contributed by atoms with Gasteiger partial charge in [-0.2, -0.15) is 11.8 Å². The van der Waals surface area contributed by atoms with Crippen molar-refractivity contribution in [2.75, 3.05) is 31.0 Å². The van der Waals surface area contributed by atoms with Gasteiger partial charge in [0.25, 0.3) is 0 Å². The van der Waals surface area contributed by atoms with E-state index in [9.17, 15) is 13.2 Å². The fraction of sp³-hybridized carbons (Fsp3) is 0.588. The van der Waals surface area contributed by atoms with E-state index in [0.717, 1.165) is 10.0 Å². The Hall–Kier alpha value is -0.970. The van der Waals surface area contributed by atoms with Crippen LogP contribution in [0.3, 0.4) is 0 Å². The minimum atomic E-state index is -3.48. The first kappa shape index (κ1) is 22.3. The maximum absolute atomic E-state index is 12.7. The molecule has 2 rings (SSSR count). The second-order valence-electron chi connectivity index (χ2n) is 6.10. The van der Waals surface area contributed by atoms with Crippen molar-refractivity contribution in [3.63, 3.8) is 0 Å². The number of benzene rings is 1. The largest absolute Gasteiger partial charge is 0.486 e. The summed E-state index contributed by atoms with van der Waals surface area (Å²) in [4.78, 5) is 12.7. The number of amides is 1. The first-order chi connectivity index (χ1) is 12.8. The number of halogens is 1. The number of ether oxygens (including phenoxy) is 2. The van der Waals surface area contributed by atoms with Crippen LogP contribution < -0.4 is 19.5 Å². The smallest absolute Gasteiger partial charge is 0.238 e. The highest BCUT2D eigenvalue weighted by Crippen LogP contribution is 2.37. The van der Waals surface area contributed by atoms with Gasteiger partial charge in [-0.15, -0.1) is 0 Å². The third-order valence-electron chi connectivity index (χ3n) is 4.12. The number of carbonyl (C=O) groups excluding carboxylic acids is 1. The minimum Gasteiger partial charge on any atom is -0.486 e. The van der Waals surface area contributed by atoms with Crippen molar-refractivity contribution < 1.29 is 22.7 Å². The summed E-state index contributed by atoms with van der Waals surface area (Å²) in [6, 6.07) is 2.50. The van der Waals surface area contributed by atoms with E-state index in [0.29, 0.717) is 36.9 Å². The van der Waals surface area contributed by atoms with Crippen LogP contribution >= 0.6 is 27.7 Å². The number of carbonyl (C=O) groups is 1. The van der Waals surface area contributed by atoms with Gasteiger partial charge in [0, 0.05) is 4.47 Å². The summed E-state index contributed by atoms with van der Waals surface area (Å²) in [7, 11) is -3.48. The number of hydrogen-bond donors (Lipinski definition) is 2. The molecule has 1 aliphatic rings. The lowest BCUT2D eigenvalue weighted by molar-refractivity contribution is -0.123. The van der Waals surface area contributed by atoms with E-state index in [4.69, 9.17) is 9.47 Å². The van der Waals surface area contributed by atoms with Crippen molar-refractivity contribution in [1.29, 1.82) is 0 Å². The summed E-state index contributed by atoms with van der Waals surface area (Å²) < 4.78 is 38.3. The van der Waals surface area contributed by atoms with Gasteiger partial charge in [-0.25, -0.2) is 13.1 Å². The lowest BCUT2D eigenvalue weighted by Crippen LogP contribution is -2.48. The van der Waals surface area contributed by atoms with Crippen LogP contribution in [0.1, 0.15) is 31.9 Å². The van der Waals surface area contributed by atoms with Gasteiger partial charge in [-0.05, 0) is 50.0 Å². The van der Waals surface area contributed by atoms with Crippen LogP contribution in [0.4, 0.5) is 0 Å². The van der Waals surface area contributed by atoms with Crippen LogP contribution in [-0.4, -0.2) is 51.3 Å². The monoisotopic (exact) mass is 480 g/mol. The second-order valence-corrected chi connectivity index (χ2v) is 9.99. The summed E-state index contributed by atoms with van der Waals surface area (Å²) >= 11 is 5.06. The molecule has 0 aliphatic carbocycles. The second kappa shape index (κ2) is 9.99. The molecule has 7 nitrogen and oxygen atoms in total. The topological polar surface area (TPSA) is 93.7 Å². The average molecular weight is 481 g/mol. The highest BCUT2D eigenvalue weighted by Gasteiger charge is 2.26. The molecular weight excluding hydrogens is 456 g/mol. The fourth-order valence-electron chi connectivity index (χ4n) is 2.58. The number of rotatable bonds is 9. The standard InChI is InChI=1S/C17H25BrN2O5S2/c1-4-27(22,23)20-14(5-8-26-3)17(21)19-11(2)12-9-15-16(10-13(12)18)25-7-6-24-15/h9-11,14,20H,4-8H2,1-3H3,(H,19,21). The van der Waals surface area contributed by atoms with Crippen LogP contribution in [0.15, 0.2) is 16.6 Å². The number of hydrogen-bond acceptors (Lipinski definition) is 6. The van der Waals surface area contributed by atoms with E-state index in [1.807, 2.05) is 25.3 Å². The zero-order valence-electron chi connectivity index (χ0n) is 15.6. The average Bonchev–Trinajstić information content (AvgIpc) is 2.64. The molecule has 1 heterocycles.